The highest BCUT2D eigenvalue weighted by molar-refractivity contribution is 8.93. The molecule has 0 radical (unpaired) electrons. The van der Waals surface area contributed by atoms with Crippen molar-refractivity contribution in [1.82, 2.24) is 24.5 Å². The number of ether oxygens (including phenoxy) is 1. The van der Waals surface area contributed by atoms with Gasteiger partial charge in [0.15, 0.2) is 5.82 Å². The summed E-state index contributed by atoms with van der Waals surface area (Å²) in [6, 6.07) is 21.6. The molecular weight excluding hydrogens is 586 g/mol. The molecule has 1 N–H and O–H groups in total. The molecule has 0 fully saturated rings. The average Bonchev–Trinajstić information content (AvgIpc) is 3.61. The van der Waals surface area contributed by atoms with Gasteiger partial charge >= 0.3 is 11.4 Å². The van der Waals surface area contributed by atoms with Crippen LogP contribution in [0.15, 0.2) is 80.8 Å². The van der Waals surface area contributed by atoms with E-state index in [0.717, 1.165) is 70.8 Å². The number of halogens is 1. The van der Waals surface area contributed by atoms with Gasteiger partial charge in [0, 0.05) is 24.0 Å². The van der Waals surface area contributed by atoms with Crippen molar-refractivity contribution < 1.29 is 9.26 Å². The van der Waals surface area contributed by atoms with E-state index in [4.69, 9.17) is 14.4 Å². The SMILES string of the molecule is Br.CCCCc1nn(-c2ccc3c(c2)CC(C)(C)O3)c(=O)n1Cc1ccc(-c2ccccc2-c2noc(=O)[nH]2)cc1. The van der Waals surface area contributed by atoms with Crippen LogP contribution in [0.3, 0.4) is 0 Å². The van der Waals surface area contributed by atoms with Gasteiger partial charge in [-0.15, -0.1) is 22.1 Å². The van der Waals surface area contributed by atoms with Crippen LogP contribution in [0, 0.1) is 0 Å². The van der Waals surface area contributed by atoms with E-state index in [9.17, 15) is 9.59 Å². The summed E-state index contributed by atoms with van der Waals surface area (Å²) in [6.07, 6.45) is 3.47. The zero-order valence-corrected chi connectivity index (χ0v) is 24.9. The number of nitrogens with one attached hydrogen (secondary N) is 1. The van der Waals surface area contributed by atoms with E-state index in [-0.39, 0.29) is 28.3 Å². The lowest BCUT2D eigenvalue weighted by Crippen LogP contribution is -2.25. The van der Waals surface area contributed by atoms with Gasteiger partial charge in [-0.05, 0) is 55.2 Å². The number of fused-ring (bicyclic) bond motifs is 1. The number of nitrogens with zero attached hydrogens (tertiary/aromatic N) is 4. The Morgan fingerprint density at radius 3 is 2.46 bits per heavy atom. The molecule has 0 unspecified atom stereocenters. The molecule has 2 aromatic heterocycles. The van der Waals surface area contributed by atoms with Crippen molar-refractivity contribution in [2.45, 2.75) is 58.6 Å². The first-order chi connectivity index (χ1) is 19.3. The van der Waals surface area contributed by atoms with Crippen LogP contribution in [0.2, 0.25) is 0 Å². The topological polar surface area (TPSA) is 108 Å². The fraction of sp³-hybridized carbons (Fsp3) is 0.290. The number of hydrogen-bond acceptors (Lipinski definition) is 6. The zero-order valence-electron chi connectivity index (χ0n) is 23.2. The zero-order chi connectivity index (χ0) is 27.9. The Labute approximate surface area is 247 Å². The van der Waals surface area contributed by atoms with Gasteiger partial charge in [-0.25, -0.2) is 9.59 Å². The molecule has 0 atom stereocenters. The average molecular weight is 619 g/mol. The molecule has 0 saturated heterocycles. The maximum Gasteiger partial charge on any atom is 0.439 e. The van der Waals surface area contributed by atoms with E-state index >= 15 is 0 Å². The van der Waals surface area contributed by atoms with Crippen LogP contribution in [0.25, 0.3) is 28.2 Å². The highest BCUT2D eigenvalue weighted by Gasteiger charge is 2.30. The van der Waals surface area contributed by atoms with E-state index < -0.39 is 5.76 Å². The number of benzene rings is 3. The second-order valence-electron chi connectivity index (χ2n) is 10.8. The van der Waals surface area contributed by atoms with Crippen LogP contribution in [0.4, 0.5) is 0 Å². The summed E-state index contributed by atoms with van der Waals surface area (Å²) >= 11 is 0. The molecule has 9 nitrogen and oxygen atoms in total. The van der Waals surface area contributed by atoms with E-state index in [1.807, 2.05) is 66.7 Å². The summed E-state index contributed by atoms with van der Waals surface area (Å²) in [5.41, 5.74) is 5.05. The Balaban J connectivity index is 0.00000337. The first-order valence-electron chi connectivity index (χ1n) is 13.6. The predicted octanol–water partition coefficient (Wildman–Crippen LogP) is 5.73. The van der Waals surface area contributed by atoms with E-state index in [1.165, 1.54) is 4.68 Å². The van der Waals surface area contributed by atoms with Crippen LogP contribution in [-0.4, -0.2) is 30.1 Å². The highest BCUT2D eigenvalue weighted by atomic mass is 79.9. The molecule has 1 aliphatic rings. The summed E-state index contributed by atoms with van der Waals surface area (Å²) in [5, 5.41) is 8.61. The lowest BCUT2D eigenvalue weighted by atomic mass is 9.98. The molecule has 3 heterocycles. The Bertz CT molecular complexity index is 1800. The molecule has 0 bridgehead atoms. The number of hydrogen-bond donors (Lipinski definition) is 1. The molecule has 0 saturated carbocycles. The fourth-order valence-electron chi connectivity index (χ4n) is 5.27. The Hall–Kier alpha value is -4.18. The minimum atomic E-state index is -0.595. The lowest BCUT2D eigenvalue weighted by molar-refractivity contribution is 0.138. The summed E-state index contributed by atoms with van der Waals surface area (Å²) in [5.74, 6) is 1.42. The molecule has 5 aromatic rings. The molecule has 3 aromatic carbocycles. The van der Waals surface area contributed by atoms with Gasteiger partial charge in [-0.2, -0.15) is 4.68 Å². The van der Waals surface area contributed by atoms with Crippen LogP contribution >= 0.6 is 17.0 Å². The first-order valence-corrected chi connectivity index (χ1v) is 13.6. The molecular formula is C31H32BrN5O4. The van der Waals surface area contributed by atoms with Gasteiger partial charge in [0.1, 0.15) is 17.2 Å². The van der Waals surface area contributed by atoms with Crippen molar-refractivity contribution >= 4 is 17.0 Å². The van der Waals surface area contributed by atoms with E-state index in [0.29, 0.717) is 12.4 Å². The molecule has 1 aliphatic heterocycles. The van der Waals surface area contributed by atoms with Crippen molar-refractivity contribution in [3.8, 4) is 34.0 Å². The minimum absolute atomic E-state index is 0. The second-order valence-corrected chi connectivity index (χ2v) is 10.8. The van der Waals surface area contributed by atoms with Crippen LogP contribution in [0.5, 0.6) is 5.75 Å². The largest absolute Gasteiger partial charge is 0.487 e. The molecule has 0 amide bonds. The maximum absolute atomic E-state index is 13.7. The highest BCUT2D eigenvalue weighted by Crippen LogP contribution is 2.35. The monoisotopic (exact) mass is 617 g/mol. The maximum atomic E-state index is 13.7. The summed E-state index contributed by atoms with van der Waals surface area (Å²) in [7, 11) is 0. The number of aryl methyl sites for hydroxylation is 1. The predicted molar refractivity (Wildman–Crippen MR) is 162 cm³/mol. The summed E-state index contributed by atoms with van der Waals surface area (Å²) < 4.78 is 14.0. The number of rotatable bonds is 8. The number of H-pyrrole nitrogens is 1. The third-order valence-electron chi connectivity index (χ3n) is 7.21. The van der Waals surface area contributed by atoms with Crippen LogP contribution < -0.4 is 16.2 Å². The lowest BCUT2D eigenvalue weighted by Gasteiger charge is -2.16. The Morgan fingerprint density at radius 2 is 1.76 bits per heavy atom. The van der Waals surface area contributed by atoms with Gasteiger partial charge in [-0.1, -0.05) is 67.0 Å². The fourth-order valence-corrected chi connectivity index (χ4v) is 5.27. The standard InChI is InChI=1S/C31H31N5O4.BrH/c1-4-5-10-27-33-36(23-15-16-26-22(17-23)18-31(2,3)39-26)30(38)35(27)19-20-11-13-21(14-12-20)24-8-6-7-9-25(24)28-32-29(37)40-34-28;/h6-9,11-17H,4-5,10,18-19H2,1-3H3,(H,32,34,37);1H. The molecule has 0 aliphatic carbocycles. The number of aromatic nitrogens is 5. The molecule has 0 spiro atoms. The minimum Gasteiger partial charge on any atom is -0.487 e. The normalized spacial score (nSPS) is 13.4. The Morgan fingerprint density at radius 1 is 1.00 bits per heavy atom. The van der Waals surface area contributed by atoms with Gasteiger partial charge in [0.25, 0.3) is 0 Å². The van der Waals surface area contributed by atoms with Crippen molar-refractivity contribution in [1.29, 1.82) is 0 Å². The smallest absolute Gasteiger partial charge is 0.439 e. The molecule has 10 heteroatoms. The van der Waals surface area contributed by atoms with Gasteiger partial charge in [0.2, 0.25) is 0 Å². The van der Waals surface area contributed by atoms with Gasteiger partial charge in [0.05, 0.1) is 12.2 Å². The van der Waals surface area contributed by atoms with Crippen molar-refractivity contribution in [3.05, 3.63) is 105 Å². The van der Waals surface area contributed by atoms with Gasteiger partial charge < -0.3 is 4.74 Å². The van der Waals surface area contributed by atoms with E-state index in [1.54, 1.807) is 4.57 Å². The molecule has 41 heavy (non-hydrogen) atoms. The quantitative estimate of drug-likeness (QED) is 0.238. The van der Waals surface area contributed by atoms with E-state index in [2.05, 4.69) is 30.9 Å². The number of unbranched alkanes of at least 4 members (excludes halogenated alkanes) is 1. The van der Waals surface area contributed by atoms with Crippen LogP contribution in [-0.2, 0) is 19.4 Å². The summed E-state index contributed by atoms with van der Waals surface area (Å²) in [4.78, 5) is 27.8. The van der Waals surface area contributed by atoms with Crippen molar-refractivity contribution in [3.63, 3.8) is 0 Å². The third-order valence-corrected chi connectivity index (χ3v) is 7.21. The molecule has 212 valence electrons. The molecule has 6 rings (SSSR count). The van der Waals surface area contributed by atoms with Crippen molar-refractivity contribution in [2.75, 3.05) is 0 Å². The number of aromatic amines is 1. The van der Waals surface area contributed by atoms with Crippen molar-refractivity contribution in [2.24, 2.45) is 0 Å². The Kier molecular flexibility index (Phi) is 7.86. The first kappa shape index (κ1) is 28.4. The third kappa shape index (κ3) is 5.69. The second kappa shape index (κ2) is 11.4. The van der Waals surface area contributed by atoms with Crippen LogP contribution in [0.1, 0.15) is 50.6 Å². The summed E-state index contributed by atoms with van der Waals surface area (Å²) in [6.45, 7) is 6.68. The van der Waals surface area contributed by atoms with Gasteiger partial charge in [-0.3, -0.25) is 14.1 Å².